The number of thioether (sulfide) groups is 1. The molecule has 0 unspecified atom stereocenters. The zero-order valence-corrected chi connectivity index (χ0v) is 11.2. The number of nitrogens with one attached hydrogen (secondary N) is 2. The van der Waals surface area contributed by atoms with Crippen molar-refractivity contribution in [1.82, 2.24) is 15.3 Å². The first kappa shape index (κ1) is 13.1. The van der Waals surface area contributed by atoms with Gasteiger partial charge in [-0.05, 0) is 24.8 Å². The highest BCUT2D eigenvalue weighted by molar-refractivity contribution is 8.13. The number of aliphatic imine (C=N–C) groups is 1. The van der Waals surface area contributed by atoms with E-state index in [0.717, 1.165) is 5.56 Å². The second-order valence-electron chi connectivity index (χ2n) is 3.72. The average molecular weight is 273 g/mol. The fraction of sp³-hybridized carbons (Fsp3) is 0.167. The van der Waals surface area contributed by atoms with E-state index in [1.54, 1.807) is 6.07 Å². The molecule has 0 atom stereocenters. The van der Waals surface area contributed by atoms with Crippen molar-refractivity contribution in [3.63, 3.8) is 0 Å². The van der Waals surface area contributed by atoms with Crippen LogP contribution in [0.3, 0.4) is 0 Å². The van der Waals surface area contributed by atoms with Gasteiger partial charge in [0.25, 0.3) is 5.56 Å². The Bertz CT molecular complexity index is 744. The van der Waals surface area contributed by atoms with Gasteiger partial charge in [0.15, 0.2) is 11.4 Å². The van der Waals surface area contributed by atoms with Crippen molar-refractivity contribution in [2.75, 3.05) is 6.26 Å². The van der Waals surface area contributed by atoms with Crippen LogP contribution in [0.15, 0.2) is 28.2 Å². The van der Waals surface area contributed by atoms with Crippen molar-refractivity contribution < 1.29 is 0 Å². The number of rotatable bonds is 1. The van der Waals surface area contributed by atoms with Crippen molar-refractivity contribution in [1.29, 1.82) is 5.26 Å². The Morgan fingerprint density at radius 1 is 1.58 bits per heavy atom. The molecule has 7 heteroatoms. The van der Waals surface area contributed by atoms with Crippen LogP contribution in [0.5, 0.6) is 0 Å². The largest absolute Gasteiger partial charge is 0.313 e. The van der Waals surface area contributed by atoms with Crippen molar-refractivity contribution in [3.8, 4) is 6.19 Å². The summed E-state index contributed by atoms with van der Waals surface area (Å²) in [5, 5.41) is 12.1. The molecule has 0 bridgehead atoms. The van der Waals surface area contributed by atoms with Crippen LogP contribution in [0.1, 0.15) is 5.56 Å². The molecule has 0 aliphatic rings. The Labute approximate surface area is 113 Å². The Balaban J connectivity index is 2.72. The molecule has 96 valence electrons. The van der Waals surface area contributed by atoms with Crippen LogP contribution in [-0.2, 0) is 0 Å². The van der Waals surface area contributed by atoms with Gasteiger partial charge in [-0.2, -0.15) is 5.26 Å². The first-order chi connectivity index (χ1) is 9.17. The molecule has 2 N–H and O–H groups in total. The standard InChI is InChI=1S/C12H11N5OS/c1-7-3-4-8-10(15-6-16-11(8)18)9(7)17-12(19-2)14-5-13/h3-4,6H,1-2H3,(H,14,17)(H,15,16,18). The van der Waals surface area contributed by atoms with Gasteiger partial charge in [0.2, 0.25) is 0 Å². The Kier molecular flexibility index (Phi) is 3.82. The van der Waals surface area contributed by atoms with E-state index in [1.165, 1.54) is 18.1 Å². The molecule has 1 aromatic carbocycles. The second kappa shape index (κ2) is 5.54. The predicted molar refractivity (Wildman–Crippen MR) is 76.5 cm³/mol. The summed E-state index contributed by atoms with van der Waals surface area (Å²) in [4.78, 5) is 22.8. The summed E-state index contributed by atoms with van der Waals surface area (Å²) in [6, 6.07) is 3.52. The van der Waals surface area contributed by atoms with E-state index >= 15 is 0 Å². The summed E-state index contributed by atoms with van der Waals surface area (Å²) in [6.07, 6.45) is 4.98. The van der Waals surface area contributed by atoms with Gasteiger partial charge < -0.3 is 4.98 Å². The van der Waals surface area contributed by atoms with Gasteiger partial charge in [0.05, 0.1) is 17.4 Å². The molecule has 2 aromatic rings. The van der Waals surface area contributed by atoms with E-state index in [4.69, 9.17) is 5.26 Å². The third kappa shape index (κ3) is 2.58. The van der Waals surface area contributed by atoms with Crippen LogP contribution >= 0.6 is 11.8 Å². The third-order valence-corrected chi connectivity index (χ3v) is 3.14. The monoisotopic (exact) mass is 273 g/mol. The van der Waals surface area contributed by atoms with Crippen molar-refractivity contribution >= 4 is 33.5 Å². The molecule has 2 rings (SSSR count). The maximum atomic E-state index is 11.7. The first-order valence-electron chi connectivity index (χ1n) is 5.42. The van der Waals surface area contributed by atoms with E-state index in [-0.39, 0.29) is 5.56 Å². The first-order valence-corrected chi connectivity index (χ1v) is 6.64. The van der Waals surface area contributed by atoms with E-state index in [1.807, 2.05) is 25.4 Å². The van der Waals surface area contributed by atoms with Gasteiger partial charge in [0.1, 0.15) is 5.52 Å². The van der Waals surface area contributed by atoms with E-state index in [0.29, 0.717) is 21.8 Å². The lowest BCUT2D eigenvalue weighted by molar-refractivity contribution is 1.16. The zero-order valence-electron chi connectivity index (χ0n) is 10.4. The van der Waals surface area contributed by atoms with Gasteiger partial charge in [-0.3, -0.25) is 10.1 Å². The van der Waals surface area contributed by atoms with Gasteiger partial charge in [-0.15, -0.1) is 0 Å². The zero-order chi connectivity index (χ0) is 13.8. The fourth-order valence-electron chi connectivity index (χ4n) is 1.64. The summed E-state index contributed by atoms with van der Waals surface area (Å²) in [5.41, 5.74) is 1.79. The summed E-state index contributed by atoms with van der Waals surface area (Å²) >= 11 is 1.31. The highest BCUT2D eigenvalue weighted by Crippen LogP contribution is 2.26. The number of amidine groups is 1. The van der Waals surface area contributed by atoms with Crippen LogP contribution in [0, 0.1) is 18.4 Å². The number of H-pyrrole nitrogens is 1. The van der Waals surface area contributed by atoms with Crippen LogP contribution in [-0.4, -0.2) is 21.4 Å². The lowest BCUT2D eigenvalue weighted by atomic mass is 10.1. The number of aromatic nitrogens is 2. The lowest BCUT2D eigenvalue weighted by Crippen LogP contribution is -2.13. The van der Waals surface area contributed by atoms with Crippen LogP contribution in [0.25, 0.3) is 10.9 Å². The van der Waals surface area contributed by atoms with Crippen molar-refractivity contribution in [2.45, 2.75) is 6.92 Å². The lowest BCUT2D eigenvalue weighted by Gasteiger charge is -2.06. The highest BCUT2D eigenvalue weighted by Gasteiger charge is 2.09. The van der Waals surface area contributed by atoms with Gasteiger partial charge in [-0.25, -0.2) is 9.98 Å². The van der Waals surface area contributed by atoms with Crippen LogP contribution in [0.2, 0.25) is 0 Å². The Morgan fingerprint density at radius 3 is 3.05 bits per heavy atom. The number of benzene rings is 1. The Hall–Kier alpha value is -2.33. The molecule has 0 amide bonds. The van der Waals surface area contributed by atoms with Crippen molar-refractivity contribution in [3.05, 3.63) is 34.4 Å². The molecule has 19 heavy (non-hydrogen) atoms. The molecule has 1 heterocycles. The summed E-state index contributed by atoms with van der Waals surface area (Å²) in [6.45, 7) is 1.88. The number of hydrogen-bond donors (Lipinski definition) is 2. The third-order valence-electron chi connectivity index (χ3n) is 2.56. The molecule has 0 fully saturated rings. The smallest absolute Gasteiger partial charge is 0.258 e. The molecule has 1 aromatic heterocycles. The van der Waals surface area contributed by atoms with E-state index in [2.05, 4.69) is 20.3 Å². The maximum Gasteiger partial charge on any atom is 0.258 e. The number of hydrogen-bond acceptors (Lipinski definition) is 5. The second-order valence-corrected chi connectivity index (χ2v) is 4.51. The highest BCUT2D eigenvalue weighted by atomic mass is 32.2. The normalized spacial score (nSPS) is 11.3. The van der Waals surface area contributed by atoms with Crippen LogP contribution < -0.4 is 10.9 Å². The SMILES string of the molecule is CSC(=Nc1c(C)ccc2c(=O)[nH]cnc12)NC#N. The minimum absolute atomic E-state index is 0.208. The molecular weight excluding hydrogens is 262 g/mol. The number of aryl methyl sites for hydroxylation is 1. The molecular formula is C12H11N5OS. The molecule has 6 nitrogen and oxygen atoms in total. The van der Waals surface area contributed by atoms with Gasteiger partial charge in [-0.1, -0.05) is 17.8 Å². The molecule has 0 spiro atoms. The van der Waals surface area contributed by atoms with E-state index in [9.17, 15) is 4.79 Å². The fourth-order valence-corrected chi connectivity index (χ4v) is 1.97. The number of fused-ring (bicyclic) bond motifs is 1. The van der Waals surface area contributed by atoms with Gasteiger partial charge in [0, 0.05) is 0 Å². The quantitative estimate of drug-likeness (QED) is 0.356. The summed E-state index contributed by atoms with van der Waals surface area (Å²) < 4.78 is 0. The number of nitrogens with zero attached hydrogens (tertiary/aromatic N) is 3. The van der Waals surface area contributed by atoms with Crippen molar-refractivity contribution in [2.24, 2.45) is 4.99 Å². The molecule has 0 saturated carbocycles. The molecule has 0 aliphatic heterocycles. The van der Waals surface area contributed by atoms with Gasteiger partial charge >= 0.3 is 0 Å². The molecule has 0 radical (unpaired) electrons. The number of nitriles is 1. The summed E-state index contributed by atoms with van der Waals surface area (Å²) in [5.74, 6) is 0. The van der Waals surface area contributed by atoms with E-state index < -0.39 is 0 Å². The van der Waals surface area contributed by atoms with Crippen LogP contribution in [0.4, 0.5) is 5.69 Å². The minimum atomic E-state index is -0.208. The molecule has 0 saturated heterocycles. The average Bonchev–Trinajstić information content (AvgIpc) is 2.41. The topological polar surface area (TPSA) is 93.9 Å². The minimum Gasteiger partial charge on any atom is -0.313 e. The predicted octanol–water partition coefficient (Wildman–Crippen LogP) is 1.65. The Morgan fingerprint density at radius 2 is 2.37 bits per heavy atom. The molecule has 0 aliphatic carbocycles. The maximum absolute atomic E-state index is 11.7. The number of aromatic amines is 1. The summed E-state index contributed by atoms with van der Waals surface area (Å²) in [7, 11) is 0.